The molecule has 3 nitrogen and oxygen atoms in total. The molecule has 4 heteroatoms. The second-order valence-electron chi connectivity index (χ2n) is 10.3. The molecule has 45 heavy (non-hydrogen) atoms. The van der Waals surface area contributed by atoms with E-state index in [1.54, 1.807) is 12.1 Å². The molecule has 4 aromatic carbocycles. The fourth-order valence-corrected chi connectivity index (χ4v) is 8.37. The summed E-state index contributed by atoms with van der Waals surface area (Å²) in [5.41, 5.74) is 0.113. The minimum atomic E-state index is -4.04. The van der Waals surface area contributed by atoms with Gasteiger partial charge in [-0.3, -0.25) is 0 Å². The van der Waals surface area contributed by atoms with Gasteiger partial charge in [-0.05, 0) is 0 Å². The van der Waals surface area contributed by atoms with Crippen molar-refractivity contribution in [2.45, 2.75) is 75.6 Å². The molecule has 6 aromatic rings. The van der Waals surface area contributed by atoms with Crippen LogP contribution in [0.2, 0.25) is 0 Å². The first-order valence-electron chi connectivity index (χ1n) is 24.5. The average Bonchev–Trinajstić information content (AvgIpc) is 3.66. The molecule has 4 unspecified atom stereocenters. The number of benzene rings is 4. The van der Waals surface area contributed by atoms with E-state index in [-0.39, 0.29) is 5.56 Å². The van der Waals surface area contributed by atoms with Crippen molar-refractivity contribution in [1.82, 2.24) is 15.4 Å². The van der Waals surface area contributed by atoms with E-state index in [0.29, 0.717) is 10.0 Å². The van der Waals surface area contributed by atoms with Crippen molar-refractivity contribution in [2.24, 2.45) is 0 Å². The summed E-state index contributed by atoms with van der Waals surface area (Å²) in [6, 6.07) is 31.0. The Balaban J connectivity index is 1.54. The molecule has 4 atom stereocenters. The van der Waals surface area contributed by atoms with Crippen molar-refractivity contribution in [3.05, 3.63) is 114 Å². The molecule has 2 saturated carbocycles. The van der Waals surface area contributed by atoms with Crippen molar-refractivity contribution >= 4 is 24.1 Å². The second-order valence-corrected chi connectivity index (χ2v) is 12.5. The third-order valence-corrected chi connectivity index (χ3v) is 10.2. The number of aromatic nitrogens is 3. The van der Waals surface area contributed by atoms with E-state index in [1.807, 2.05) is 78.9 Å². The molecule has 0 aliphatic heterocycles. The van der Waals surface area contributed by atoms with Crippen LogP contribution >= 0.6 is 0 Å². The van der Waals surface area contributed by atoms with Gasteiger partial charge in [-0.1, -0.05) is 0 Å². The first-order valence-corrected chi connectivity index (χ1v) is 16.0. The Morgan fingerprint density at radius 2 is 1.24 bits per heavy atom. The Bertz CT molecular complexity index is 2850. The number of hydrogen-bond acceptors (Lipinski definition) is 3. The Morgan fingerprint density at radius 1 is 0.600 bits per heavy atom. The molecular formula is C41H39N3Se. The summed E-state index contributed by atoms with van der Waals surface area (Å²) in [5, 5.41) is 12.6. The molecule has 2 aliphatic carbocycles. The molecule has 0 radical (unpaired) electrons. The van der Waals surface area contributed by atoms with Gasteiger partial charge in [0.2, 0.25) is 0 Å². The van der Waals surface area contributed by atoms with Crippen molar-refractivity contribution < 1.29 is 27.4 Å². The molecule has 224 valence electrons. The molecular weight excluding hydrogens is 613 g/mol. The monoisotopic (exact) mass is 673 g/mol. The van der Waals surface area contributed by atoms with Crippen LogP contribution in [0.15, 0.2) is 103 Å². The van der Waals surface area contributed by atoms with Crippen LogP contribution in [-0.4, -0.2) is 29.9 Å². The van der Waals surface area contributed by atoms with Crippen LogP contribution < -0.4 is 0 Å². The number of rotatable bonds is 6. The van der Waals surface area contributed by atoms with Crippen LogP contribution in [0.1, 0.15) is 114 Å². The molecule has 0 amide bonds. The Hall–Kier alpha value is -3.85. The molecule has 8 rings (SSSR count). The van der Waals surface area contributed by atoms with E-state index >= 15 is 0 Å². The summed E-state index contributed by atoms with van der Waals surface area (Å²) in [6.45, 7) is 0. The third kappa shape index (κ3) is 5.49. The molecule has 2 aliphatic rings. The normalized spacial score (nSPS) is 40.7. The minimum absolute atomic E-state index is 0.0785. The van der Waals surface area contributed by atoms with Gasteiger partial charge in [-0.25, -0.2) is 0 Å². The Labute approximate surface area is 300 Å². The summed E-state index contributed by atoms with van der Waals surface area (Å²) in [7, 11) is 0. The molecule has 0 bridgehead atoms. The standard InChI is InChI=1S/C41H39N3Se/c1-4-16-28(17-5-1)31-22-10-11-23-32(31)38-35-26-14-15-27-36(35)45-41(38)34-25-13-12-24-33(34)40-37(29-18-6-2-7-19-29)39(42-44-43-40)30-20-8-3-9-21-30/h1,4-5,10-17,22-27,29-30H,2-3,6-9,18-21H2/i2D2,3D2,6D2,7D2,8D2,9D2,18D,19D2,20D,21D2,29D,30D. The Morgan fingerprint density at radius 3 is 2.07 bits per heavy atom. The van der Waals surface area contributed by atoms with Crippen molar-refractivity contribution in [2.75, 3.05) is 0 Å². The van der Waals surface area contributed by atoms with Gasteiger partial charge >= 0.3 is 300 Å². The molecule has 2 heterocycles. The maximum atomic E-state index is 10.1. The first kappa shape index (κ1) is 14.3. The van der Waals surface area contributed by atoms with Crippen LogP contribution in [0.5, 0.6) is 0 Å². The van der Waals surface area contributed by atoms with Crippen LogP contribution in [0.3, 0.4) is 0 Å². The van der Waals surface area contributed by atoms with Crippen molar-refractivity contribution in [1.29, 1.82) is 0 Å². The predicted octanol–water partition coefficient (Wildman–Crippen LogP) is 10.8. The summed E-state index contributed by atoms with van der Waals surface area (Å²) >= 11 is -0.558. The molecule has 2 fully saturated rings. The molecule has 0 N–H and O–H groups in total. The first-order chi connectivity index (χ1) is 30.0. The van der Waals surface area contributed by atoms with Gasteiger partial charge in [0.05, 0.1) is 0 Å². The van der Waals surface area contributed by atoms with Gasteiger partial charge in [-0.2, -0.15) is 0 Å². The summed E-state index contributed by atoms with van der Waals surface area (Å²) in [4.78, 5) is 0. The van der Waals surface area contributed by atoms with E-state index < -0.39 is 107 Å². The van der Waals surface area contributed by atoms with Crippen LogP contribution in [-0.2, 0) is 0 Å². The fourth-order valence-electron chi connectivity index (χ4n) is 5.74. The molecule has 0 spiro atoms. The SMILES string of the molecule is [2H]C1C([2H])([2H])C([2H])([2H])C([2H])([2H])C([2H])([2H])C1([2H])c1nnnc(-c2ccccc2-c2[se]c3ccccc3c2-c2ccccc2-c2ccccc2)c1C1([2H])C([2H])C([2H])([2H])C([2H])([2H])C([2H])([2H])C1([2H])[2H]. The summed E-state index contributed by atoms with van der Waals surface area (Å²) in [5.74, 6) is -7.68. The summed E-state index contributed by atoms with van der Waals surface area (Å²) in [6.07, 6.45) is -37.3. The molecule has 2 aromatic heterocycles. The maximum absolute atomic E-state index is 10.1. The van der Waals surface area contributed by atoms with E-state index in [4.69, 9.17) is 20.6 Å². The fraction of sp³-hybridized carbons (Fsp3) is 0.293. The van der Waals surface area contributed by atoms with Crippen molar-refractivity contribution in [3.63, 3.8) is 0 Å². The zero-order valence-corrected chi connectivity index (χ0v) is 25.4. The van der Waals surface area contributed by atoms with E-state index in [9.17, 15) is 6.85 Å². The van der Waals surface area contributed by atoms with Crippen LogP contribution in [0, 0.1) is 0 Å². The number of nitrogens with zero attached hydrogens (tertiary/aromatic N) is 3. The van der Waals surface area contributed by atoms with Gasteiger partial charge in [0.25, 0.3) is 0 Å². The van der Waals surface area contributed by atoms with Gasteiger partial charge in [-0.15, -0.1) is 0 Å². The third-order valence-electron chi connectivity index (χ3n) is 7.69. The second kappa shape index (κ2) is 12.9. The number of fused-ring (bicyclic) bond motifs is 1. The van der Waals surface area contributed by atoms with Crippen LogP contribution in [0.25, 0.3) is 53.2 Å². The topological polar surface area (TPSA) is 38.7 Å². The van der Waals surface area contributed by atoms with Gasteiger partial charge in [0.1, 0.15) is 0 Å². The number of hydrogen-bond donors (Lipinski definition) is 0. The van der Waals surface area contributed by atoms with Crippen molar-refractivity contribution in [3.8, 4) is 43.5 Å². The van der Waals surface area contributed by atoms with Gasteiger partial charge < -0.3 is 0 Å². The zero-order chi connectivity index (χ0) is 47.9. The van der Waals surface area contributed by atoms with Crippen LogP contribution in [0.4, 0.5) is 0 Å². The summed E-state index contributed by atoms with van der Waals surface area (Å²) < 4.78 is 181. The predicted molar refractivity (Wildman–Crippen MR) is 188 cm³/mol. The van der Waals surface area contributed by atoms with Gasteiger partial charge in [0, 0.05) is 0 Å². The zero-order valence-electron chi connectivity index (χ0n) is 43.7. The van der Waals surface area contributed by atoms with Gasteiger partial charge in [0.15, 0.2) is 0 Å². The molecule has 0 saturated heterocycles. The quantitative estimate of drug-likeness (QED) is 0.165. The van der Waals surface area contributed by atoms with E-state index in [0.717, 1.165) is 31.9 Å². The van der Waals surface area contributed by atoms with E-state index in [1.165, 1.54) is 12.1 Å². The average molecular weight is 673 g/mol. The van der Waals surface area contributed by atoms with E-state index in [2.05, 4.69) is 15.4 Å². The Kier molecular flexibility index (Phi) is 4.08.